The van der Waals surface area contributed by atoms with Gasteiger partial charge in [-0.25, -0.2) is 4.39 Å². The molecule has 0 bridgehead atoms. The molecule has 0 spiro atoms. The molecule has 140 valence electrons. The van der Waals surface area contributed by atoms with Crippen molar-refractivity contribution in [3.8, 4) is 11.5 Å². The lowest BCUT2D eigenvalue weighted by Gasteiger charge is -2.20. The molecular weight excluding hydrogens is 347 g/mol. The highest BCUT2D eigenvalue weighted by Crippen LogP contribution is 2.30. The summed E-state index contributed by atoms with van der Waals surface area (Å²) in [5.74, 6) is 0.592. The van der Waals surface area contributed by atoms with E-state index in [1.807, 2.05) is 35.2 Å². The van der Waals surface area contributed by atoms with Gasteiger partial charge in [0, 0.05) is 18.5 Å². The van der Waals surface area contributed by atoms with Crippen LogP contribution in [0.1, 0.15) is 18.0 Å². The van der Waals surface area contributed by atoms with Crippen molar-refractivity contribution in [1.82, 2.24) is 4.57 Å². The zero-order valence-corrected chi connectivity index (χ0v) is 15.2. The Morgan fingerprint density at radius 2 is 1.85 bits per heavy atom. The van der Waals surface area contributed by atoms with Crippen LogP contribution in [-0.2, 0) is 4.79 Å². The number of nitrogens with zero attached hydrogens (tertiary/aromatic N) is 1. The van der Waals surface area contributed by atoms with Crippen LogP contribution in [0.5, 0.6) is 11.5 Å². The first-order valence-corrected chi connectivity index (χ1v) is 8.50. The Labute approximate surface area is 157 Å². The van der Waals surface area contributed by atoms with Crippen LogP contribution in [0.2, 0.25) is 0 Å². The molecule has 1 amide bonds. The standard InChI is InChI=1S/C21H21FN2O3/c1-26-17-8-9-20(27-2)18(13-17)23-21(25)14-19(24-10-3-4-11-24)15-6-5-7-16(22)12-15/h3-13,19H,14H2,1-2H3,(H,23,25)/t19-/m1/s1. The zero-order chi connectivity index (χ0) is 19.2. The lowest BCUT2D eigenvalue weighted by molar-refractivity contribution is -0.116. The Bertz CT molecular complexity index is 910. The maximum Gasteiger partial charge on any atom is 0.226 e. The second-order valence-electron chi connectivity index (χ2n) is 6.02. The number of methoxy groups -OCH3 is 2. The topological polar surface area (TPSA) is 52.5 Å². The van der Waals surface area contributed by atoms with Crippen molar-refractivity contribution >= 4 is 11.6 Å². The summed E-state index contributed by atoms with van der Waals surface area (Å²) in [5, 5.41) is 2.86. The number of anilines is 1. The van der Waals surface area contributed by atoms with Crippen molar-refractivity contribution in [1.29, 1.82) is 0 Å². The first kappa shape index (κ1) is 18.5. The van der Waals surface area contributed by atoms with E-state index in [-0.39, 0.29) is 24.2 Å². The molecule has 3 rings (SSSR count). The van der Waals surface area contributed by atoms with Gasteiger partial charge in [-0.3, -0.25) is 4.79 Å². The normalized spacial score (nSPS) is 11.7. The largest absolute Gasteiger partial charge is 0.497 e. The molecule has 0 aliphatic carbocycles. The van der Waals surface area contributed by atoms with Gasteiger partial charge in [-0.05, 0) is 42.0 Å². The predicted octanol–water partition coefficient (Wildman–Crippen LogP) is 4.26. The van der Waals surface area contributed by atoms with Gasteiger partial charge in [-0.1, -0.05) is 12.1 Å². The second kappa shape index (κ2) is 8.40. The van der Waals surface area contributed by atoms with Crippen LogP contribution < -0.4 is 14.8 Å². The van der Waals surface area contributed by atoms with Gasteiger partial charge in [0.2, 0.25) is 5.91 Å². The van der Waals surface area contributed by atoms with Crippen LogP contribution in [0.15, 0.2) is 67.0 Å². The lowest BCUT2D eigenvalue weighted by Crippen LogP contribution is -2.20. The fourth-order valence-electron chi connectivity index (χ4n) is 2.95. The smallest absolute Gasteiger partial charge is 0.226 e. The monoisotopic (exact) mass is 368 g/mol. The van der Waals surface area contributed by atoms with Gasteiger partial charge >= 0.3 is 0 Å². The van der Waals surface area contributed by atoms with Gasteiger partial charge in [0.05, 0.1) is 32.4 Å². The zero-order valence-electron chi connectivity index (χ0n) is 15.2. The summed E-state index contributed by atoms with van der Waals surface area (Å²) in [6, 6.07) is 14.9. The van der Waals surface area contributed by atoms with E-state index in [0.29, 0.717) is 17.2 Å². The van der Waals surface area contributed by atoms with E-state index in [9.17, 15) is 9.18 Å². The molecule has 0 saturated carbocycles. The van der Waals surface area contributed by atoms with Crippen molar-refractivity contribution in [3.63, 3.8) is 0 Å². The van der Waals surface area contributed by atoms with Crippen molar-refractivity contribution in [2.45, 2.75) is 12.5 Å². The third kappa shape index (κ3) is 4.47. The summed E-state index contributed by atoms with van der Waals surface area (Å²) in [6.07, 6.45) is 3.85. The molecule has 0 fully saturated rings. The Kier molecular flexibility index (Phi) is 5.76. The number of benzene rings is 2. The van der Waals surface area contributed by atoms with E-state index in [1.54, 1.807) is 31.4 Å². The lowest BCUT2D eigenvalue weighted by atomic mass is 10.0. The number of aromatic nitrogens is 1. The molecule has 1 heterocycles. The van der Waals surface area contributed by atoms with E-state index < -0.39 is 0 Å². The number of amides is 1. The highest BCUT2D eigenvalue weighted by atomic mass is 19.1. The summed E-state index contributed by atoms with van der Waals surface area (Å²) in [7, 11) is 3.09. The van der Waals surface area contributed by atoms with Gasteiger partial charge in [0.25, 0.3) is 0 Å². The quantitative estimate of drug-likeness (QED) is 0.678. The Hall–Kier alpha value is -3.28. The molecule has 0 radical (unpaired) electrons. The molecule has 0 aliphatic rings. The molecule has 6 heteroatoms. The minimum atomic E-state index is -0.334. The number of nitrogens with one attached hydrogen (secondary N) is 1. The predicted molar refractivity (Wildman–Crippen MR) is 102 cm³/mol. The number of carbonyl (C=O) groups excluding carboxylic acids is 1. The summed E-state index contributed by atoms with van der Waals surface area (Å²) < 4.78 is 26.1. The van der Waals surface area contributed by atoms with Crippen LogP contribution in [0.3, 0.4) is 0 Å². The average Bonchev–Trinajstić information content (AvgIpc) is 3.20. The van der Waals surface area contributed by atoms with Crippen molar-refractivity contribution < 1.29 is 18.7 Å². The first-order chi connectivity index (χ1) is 13.1. The third-order valence-electron chi connectivity index (χ3n) is 4.28. The molecule has 1 atom stereocenters. The molecule has 3 aromatic rings. The summed E-state index contributed by atoms with van der Waals surface area (Å²) >= 11 is 0. The number of carbonyl (C=O) groups is 1. The Balaban J connectivity index is 1.83. The third-order valence-corrected chi connectivity index (χ3v) is 4.28. The van der Waals surface area contributed by atoms with Crippen LogP contribution in [0.4, 0.5) is 10.1 Å². The molecular formula is C21H21FN2O3. The van der Waals surface area contributed by atoms with Gasteiger partial charge in [-0.2, -0.15) is 0 Å². The van der Waals surface area contributed by atoms with Gasteiger partial charge in [0.15, 0.2) is 0 Å². The fourth-order valence-corrected chi connectivity index (χ4v) is 2.95. The minimum absolute atomic E-state index is 0.137. The molecule has 2 aromatic carbocycles. The van der Waals surface area contributed by atoms with Gasteiger partial charge in [0.1, 0.15) is 17.3 Å². The molecule has 0 aliphatic heterocycles. The van der Waals surface area contributed by atoms with Crippen molar-refractivity contribution in [2.24, 2.45) is 0 Å². The Morgan fingerprint density at radius 3 is 2.52 bits per heavy atom. The summed E-state index contributed by atoms with van der Waals surface area (Å²) in [4.78, 5) is 12.7. The average molecular weight is 368 g/mol. The number of hydrogen-bond donors (Lipinski definition) is 1. The number of rotatable bonds is 7. The van der Waals surface area contributed by atoms with Crippen LogP contribution in [0, 0.1) is 5.82 Å². The van der Waals surface area contributed by atoms with Gasteiger partial charge < -0.3 is 19.4 Å². The first-order valence-electron chi connectivity index (χ1n) is 8.50. The molecule has 27 heavy (non-hydrogen) atoms. The number of ether oxygens (including phenoxy) is 2. The van der Waals surface area contributed by atoms with Crippen LogP contribution in [0.25, 0.3) is 0 Å². The van der Waals surface area contributed by atoms with E-state index >= 15 is 0 Å². The SMILES string of the molecule is COc1ccc(OC)c(NC(=O)C[C@H](c2cccc(F)c2)n2cccc2)c1. The molecule has 5 nitrogen and oxygen atoms in total. The maximum absolute atomic E-state index is 13.7. The highest BCUT2D eigenvalue weighted by molar-refractivity contribution is 5.93. The fraction of sp³-hybridized carbons (Fsp3) is 0.190. The Morgan fingerprint density at radius 1 is 1.07 bits per heavy atom. The molecule has 1 aromatic heterocycles. The molecule has 1 N–H and O–H groups in total. The summed E-state index contributed by atoms with van der Waals surface area (Å²) in [6.45, 7) is 0. The van der Waals surface area contributed by atoms with E-state index in [2.05, 4.69) is 5.32 Å². The van der Waals surface area contributed by atoms with Crippen LogP contribution in [-0.4, -0.2) is 24.7 Å². The second-order valence-corrected chi connectivity index (χ2v) is 6.02. The van der Waals surface area contributed by atoms with E-state index in [4.69, 9.17) is 9.47 Å². The highest BCUT2D eigenvalue weighted by Gasteiger charge is 2.19. The maximum atomic E-state index is 13.7. The molecule has 0 saturated heterocycles. The number of halogens is 1. The van der Waals surface area contributed by atoms with E-state index in [1.165, 1.54) is 19.2 Å². The molecule has 0 unspecified atom stereocenters. The van der Waals surface area contributed by atoms with Crippen molar-refractivity contribution in [3.05, 3.63) is 78.4 Å². The van der Waals surface area contributed by atoms with Crippen LogP contribution >= 0.6 is 0 Å². The van der Waals surface area contributed by atoms with Gasteiger partial charge in [-0.15, -0.1) is 0 Å². The van der Waals surface area contributed by atoms with Crippen molar-refractivity contribution in [2.75, 3.05) is 19.5 Å². The minimum Gasteiger partial charge on any atom is -0.497 e. The summed E-state index contributed by atoms with van der Waals surface area (Å²) in [5.41, 5.74) is 1.24. The van der Waals surface area contributed by atoms with E-state index in [0.717, 1.165) is 5.56 Å². The number of hydrogen-bond acceptors (Lipinski definition) is 3.